The maximum atomic E-state index is 8.40. The summed E-state index contributed by atoms with van der Waals surface area (Å²) in [5, 5.41) is 12.1. The Labute approximate surface area is 53.9 Å². The fraction of sp³-hybridized carbons (Fsp3) is 0.667. The molecule has 1 fully saturated rings. The molecular formula is C6H8N2O. The Balaban J connectivity index is 2.47. The first-order valence-electron chi connectivity index (χ1n) is 2.88. The predicted octanol–water partition coefficient (Wildman–Crippen LogP) is 0.922. The third-order valence-electron chi connectivity index (χ3n) is 1.46. The summed E-state index contributed by atoms with van der Waals surface area (Å²) in [7, 11) is 1.50. The van der Waals surface area contributed by atoms with Gasteiger partial charge in [-0.05, 0) is 12.8 Å². The van der Waals surface area contributed by atoms with Crippen LogP contribution < -0.4 is 0 Å². The van der Waals surface area contributed by atoms with Crippen LogP contribution in [-0.4, -0.2) is 12.8 Å². The van der Waals surface area contributed by atoms with E-state index in [1.165, 1.54) is 7.11 Å². The lowest BCUT2D eigenvalue weighted by Gasteiger charge is -2.19. The van der Waals surface area contributed by atoms with Gasteiger partial charge in [-0.2, -0.15) is 5.26 Å². The average molecular weight is 124 g/mol. The molecule has 0 saturated heterocycles. The van der Waals surface area contributed by atoms with Gasteiger partial charge in [0.25, 0.3) is 0 Å². The topological polar surface area (TPSA) is 45.4 Å². The summed E-state index contributed by atoms with van der Waals surface area (Å²) in [6.07, 6.45) is 1.87. The minimum absolute atomic E-state index is 0.0324. The molecule has 0 bridgehead atoms. The van der Waals surface area contributed by atoms with E-state index in [-0.39, 0.29) is 5.92 Å². The third-order valence-corrected chi connectivity index (χ3v) is 1.46. The fourth-order valence-corrected chi connectivity index (χ4v) is 0.783. The number of hydrogen-bond acceptors (Lipinski definition) is 3. The molecule has 48 valence electrons. The Morgan fingerprint density at radius 3 is 3.00 bits per heavy atom. The Kier molecular flexibility index (Phi) is 1.69. The maximum Gasteiger partial charge on any atom is 0.106 e. The zero-order valence-corrected chi connectivity index (χ0v) is 5.29. The molecule has 3 heteroatoms. The van der Waals surface area contributed by atoms with E-state index in [1.807, 2.05) is 0 Å². The molecule has 1 rings (SSSR count). The molecule has 1 aliphatic rings. The lowest BCUT2D eigenvalue weighted by molar-refractivity contribution is 0.208. The van der Waals surface area contributed by atoms with E-state index < -0.39 is 0 Å². The zero-order valence-electron chi connectivity index (χ0n) is 5.29. The van der Waals surface area contributed by atoms with E-state index in [9.17, 15) is 0 Å². The van der Waals surface area contributed by atoms with Crippen molar-refractivity contribution in [1.82, 2.24) is 0 Å². The molecule has 0 aromatic heterocycles. The summed E-state index contributed by atoms with van der Waals surface area (Å²) in [6, 6.07) is 2.13. The molecule has 1 unspecified atom stereocenters. The van der Waals surface area contributed by atoms with E-state index in [0.29, 0.717) is 0 Å². The summed E-state index contributed by atoms with van der Waals surface area (Å²) in [6.45, 7) is 0. The van der Waals surface area contributed by atoms with E-state index in [2.05, 4.69) is 16.1 Å². The second kappa shape index (κ2) is 2.49. The van der Waals surface area contributed by atoms with Crippen molar-refractivity contribution >= 4 is 5.71 Å². The second-order valence-corrected chi connectivity index (χ2v) is 1.99. The van der Waals surface area contributed by atoms with Crippen molar-refractivity contribution < 1.29 is 4.84 Å². The van der Waals surface area contributed by atoms with Gasteiger partial charge >= 0.3 is 0 Å². The summed E-state index contributed by atoms with van der Waals surface area (Å²) in [5.41, 5.74) is 0.889. The van der Waals surface area contributed by atoms with Gasteiger partial charge in [-0.3, -0.25) is 0 Å². The molecule has 0 aromatic carbocycles. The van der Waals surface area contributed by atoms with E-state index in [0.717, 1.165) is 18.6 Å². The third kappa shape index (κ3) is 1.02. The molecule has 1 saturated carbocycles. The normalized spacial score (nSPS) is 28.9. The molecule has 0 spiro atoms. The molecule has 0 aromatic rings. The lowest BCUT2D eigenvalue weighted by atomic mass is 9.84. The SMILES string of the molecule is CON=C1CCC1C#N. The second-order valence-electron chi connectivity index (χ2n) is 1.99. The van der Waals surface area contributed by atoms with Crippen molar-refractivity contribution in [3.63, 3.8) is 0 Å². The molecule has 1 aliphatic carbocycles. The molecule has 0 aliphatic heterocycles. The van der Waals surface area contributed by atoms with Crippen LogP contribution in [0.3, 0.4) is 0 Å². The van der Waals surface area contributed by atoms with E-state index in [1.54, 1.807) is 0 Å². The predicted molar refractivity (Wildman–Crippen MR) is 32.8 cm³/mol. The molecule has 3 nitrogen and oxygen atoms in total. The fourth-order valence-electron chi connectivity index (χ4n) is 0.783. The molecule has 1 atom stereocenters. The summed E-state index contributed by atoms with van der Waals surface area (Å²) in [5.74, 6) is 0.0324. The summed E-state index contributed by atoms with van der Waals surface area (Å²) >= 11 is 0. The summed E-state index contributed by atoms with van der Waals surface area (Å²) < 4.78 is 0. The van der Waals surface area contributed by atoms with Crippen LogP contribution in [0.2, 0.25) is 0 Å². The van der Waals surface area contributed by atoms with Gasteiger partial charge in [0.15, 0.2) is 0 Å². The van der Waals surface area contributed by atoms with Crippen LogP contribution in [0.25, 0.3) is 0 Å². The molecular weight excluding hydrogens is 116 g/mol. The van der Waals surface area contributed by atoms with Gasteiger partial charge in [0.05, 0.1) is 17.7 Å². The Morgan fingerprint density at radius 1 is 1.89 bits per heavy atom. The minimum atomic E-state index is 0.0324. The number of rotatable bonds is 1. The van der Waals surface area contributed by atoms with Gasteiger partial charge < -0.3 is 4.84 Å². The van der Waals surface area contributed by atoms with Crippen LogP contribution in [0.1, 0.15) is 12.8 Å². The highest BCUT2D eigenvalue weighted by atomic mass is 16.6. The largest absolute Gasteiger partial charge is 0.399 e. The Bertz CT molecular complexity index is 168. The van der Waals surface area contributed by atoms with Crippen LogP contribution in [0.5, 0.6) is 0 Å². The first-order chi connectivity index (χ1) is 4.38. The van der Waals surface area contributed by atoms with Crippen molar-refractivity contribution in [2.24, 2.45) is 11.1 Å². The summed E-state index contributed by atoms with van der Waals surface area (Å²) in [4.78, 5) is 4.51. The molecule has 0 amide bonds. The van der Waals surface area contributed by atoms with E-state index in [4.69, 9.17) is 5.26 Å². The Morgan fingerprint density at radius 2 is 2.67 bits per heavy atom. The van der Waals surface area contributed by atoms with Gasteiger partial charge in [0.1, 0.15) is 7.11 Å². The first-order valence-corrected chi connectivity index (χ1v) is 2.88. The monoisotopic (exact) mass is 124 g/mol. The van der Waals surface area contributed by atoms with Crippen LogP contribution in [0.15, 0.2) is 5.16 Å². The molecule has 0 radical (unpaired) electrons. The Hall–Kier alpha value is -1.04. The quantitative estimate of drug-likeness (QED) is 0.488. The van der Waals surface area contributed by atoms with Gasteiger partial charge in [0.2, 0.25) is 0 Å². The zero-order chi connectivity index (χ0) is 6.69. The maximum absolute atomic E-state index is 8.40. The van der Waals surface area contributed by atoms with Crippen molar-refractivity contribution in [2.45, 2.75) is 12.8 Å². The van der Waals surface area contributed by atoms with Crippen LogP contribution in [0, 0.1) is 17.2 Å². The number of nitriles is 1. The van der Waals surface area contributed by atoms with Gasteiger partial charge in [-0.25, -0.2) is 0 Å². The number of nitrogens with zero attached hydrogens (tertiary/aromatic N) is 2. The molecule has 0 heterocycles. The number of oxime groups is 1. The van der Waals surface area contributed by atoms with Gasteiger partial charge in [0, 0.05) is 0 Å². The van der Waals surface area contributed by atoms with Crippen molar-refractivity contribution in [1.29, 1.82) is 5.26 Å². The average Bonchev–Trinajstić information content (AvgIpc) is 1.82. The minimum Gasteiger partial charge on any atom is -0.399 e. The smallest absolute Gasteiger partial charge is 0.106 e. The number of hydrogen-bond donors (Lipinski definition) is 0. The molecule has 0 N–H and O–H groups in total. The van der Waals surface area contributed by atoms with Gasteiger partial charge in [-0.1, -0.05) is 5.16 Å². The van der Waals surface area contributed by atoms with Crippen LogP contribution >= 0.6 is 0 Å². The standard InChI is InChI=1S/C6H8N2O/c1-9-8-6-3-2-5(6)4-7/h5H,2-3H2,1H3. The lowest BCUT2D eigenvalue weighted by Crippen LogP contribution is -2.24. The van der Waals surface area contributed by atoms with Crippen LogP contribution in [-0.2, 0) is 4.84 Å². The highest BCUT2D eigenvalue weighted by Gasteiger charge is 2.25. The highest BCUT2D eigenvalue weighted by Crippen LogP contribution is 2.22. The van der Waals surface area contributed by atoms with E-state index >= 15 is 0 Å². The first kappa shape index (κ1) is 6.09. The van der Waals surface area contributed by atoms with Crippen LogP contribution in [0.4, 0.5) is 0 Å². The highest BCUT2D eigenvalue weighted by molar-refractivity contribution is 5.93. The van der Waals surface area contributed by atoms with Crippen molar-refractivity contribution in [3.8, 4) is 6.07 Å². The van der Waals surface area contributed by atoms with Gasteiger partial charge in [-0.15, -0.1) is 0 Å². The molecule has 9 heavy (non-hydrogen) atoms. The van der Waals surface area contributed by atoms with Crippen molar-refractivity contribution in [2.75, 3.05) is 7.11 Å². The van der Waals surface area contributed by atoms with Crippen molar-refractivity contribution in [3.05, 3.63) is 0 Å².